The van der Waals surface area contributed by atoms with Crippen LogP contribution in [0, 0.1) is 0 Å². The maximum atomic E-state index is 11.5. The molecule has 1 atom stereocenters. The summed E-state index contributed by atoms with van der Waals surface area (Å²) in [5, 5.41) is 9.46. The molecule has 0 aliphatic carbocycles. The lowest BCUT2D eigenvalue weighted by molar-refractivity contribution is -0.143. The van der Waals surface area contributed by atoms with Crippen molar-refractivity contribution >= 4 is 5.97 Å². The van der Waals surface area contributed by atoms with Crippen molar-refractivity contribution in [2.45, 2.75) is 26.2 Å². The highest BCUT2D eigenvalue weighted by Gasteiger charge is 2.19. The Morgan fingerprint density at radius 2 is 2.06 bits per heavy atom. The molecule has 0 aromatic carbocycles. The molecule has 0 bridgehead atoms. The first-order valence-electron chi connectivity index (χ1n) is 5.16. The van der Waals surface area contributed by atoms with Gasteiger partial charge in [0.1, 0.15) is 0 Å². The zero-order valence-electron chi connectivity index (χ0n) is 9.57. The van der Waals surface area contributed by atoms with Gasteiger partial charge in [-0.15, -0.1) is 0 Å². The molecule has 0 fully saturated rings. The molecular weight excluding hydrogens is 228 g/mol. The Morgan fingerprint density at radius 3 is 2.59 bits per heavy atom. The van der Waals surface area contributed by atoms with E-state index in [1.165, 1.54) is 0 Å². The Balaban J connectivity index is 2.97. The van der Waals surface area contributed by atoms with Gasteiger partial charge in [0.15, 0.2) is 0 Å². The number of hydrogen-bond acceptors (Lipinski definition) is 5. The second kappa shape index (κ2) is 5.33. The molecule has 1 unspecified atom stereocenters. The van der Waals surface area contributed by atoms with Crippen molar-refractivity contribution in [1.82, 2.24) is 9.97 Å². The first-order valence-corrected chi connectivity index (χ1v) is 5.16. The number of aromatic nitrogens is 2. The van der Waals surface area contributed by atoms with Crippen molar-refractivity contribution in [2.24, 2.45) is 0 Å². The largest absolute Gasteiger partial charge is 0.494 e. The number of H-pyrrole nitrogens is 2. The summed E-state index contributed by atoms with van der Waals surface area (Å²) in [5.74, 6) is -1.53. The van der Waals surface area contributed by atoms with Gasteiger partial charge >= 0.3 is 11.7 Å². The number of esters is 1. The van der Waals surface area contributed by atoms with E-state index in [0.29, 0.717) is 0 Å². The van der Waals surface area contributed by atoms with Crippen LogP contribution in [-0.4, -0.2) is 27.7 Å². The van der Waals surface area contributed by atoms with E-state index in [9.17, 15) is 19.5 Å². The van der Waals surface area contributed by atoms with Crippen LogP contribution < -0.4 is 11.2 Å². The van der Waals surface area contributed by atoms with Crippen molar-refractivity contribution in [3.63, 3.8) is 0 Å². The lowest BCUT2D eigenvalue weighted by Crippen LogP contribution is -2.27. The van der Waals surface area contributed by atoms with Gasteiger partial charge in [0, 0.05) is 5.92 Å². The van der Waals surface area contributed by atoms with Crippen molar-refractivity contribution < 1.29 is 14.6 Å². The molecule has 0 saturated heterocycles. The van der Waals surface area contributed by atoms with Crippen LogP contribution in [0.3, 0.4) is 0 Å². The van der Waals surface area contributed by atoms with Gasteiger partial charge < -0.3 is 9.84 Å². The normalized spacial score (nSPS) is 12.1. The number of nitrogens with one attached hydrogen (secondary N) is 2. The van der Waals surface area contributed by atoms with Gasteiger partial charge in [0.25, 0.3) is 5.56 Å². The first-order chi connectivity index (χ1) is 7.95. The molecule has 0 spiro atoms. The third-order valence-electron chi connectivity index (χ3n) is 2.23. The van der Waals surface area contributed by atoms with Gasteiger partial charge in [-0.2, -0.15) is 0 Å². The van der Waals surface area contributed by atoms with Gasteiger partial charge in [-0.1, -0.05) is 6.92 Å². The minimum absolute atomic E-state index is 0.0300. The van der Waals surface area contributed by atoms with E-state index in [1.54, 1.807) is 13.8 Å². The molecule has 94 valence electrons. The van der Waals surface area contributed by atoms with E-state index in [2.05, 4.69) is 4.98 Å². The summed E-state index contributed by atoms with van der Waals surface area (Å²) in [5.41, 5.74) is -1.53. The summed E-state index contributed by atoms with van der Waals surface area (Å²) in [6.45, 7) is 3.51. The SMILES string of the molecule is CCOC(=O)CC(C)c1c(O)[nH]c(=O)[nH]c1=O. The number of carbonyl (C=O) groups excluding carboxylic acids is 1. The average molecular weight is 242 g/mol. The Morgan fingerprint density at radius 1 is 1.41 bits per heavy atom. The van der Waals surface area contributed by atoms with Gasteiger partial charge in [0.05, 0.1) is 18.6 Å². The van der Waals surface area contributed by atoms with Gasteiger partial charge in [-0.3, -0.25) is 19.6 Å². The topological polar surface area (TPSA) is 112 Å². The Bertz CT molecular complexity index is 516. The number of carbonyl (C=O) groups is 1. The smallest absolute Gasteiger partial charge is 0.328 e. The molecule has 1 rings (SSSR count). The Labute approximate surface area is 96.5 Å². The molecule has 0 saturated carbocycles. The van der Waals surface area contributed by atoms with Crippen LogP contribution in [0.15, 0.2) is 9.59 Å². The van der Waals surface area contributed by atoms with Crippen molar-refractivity contribution in [2.75, 3.05) is 6.61 Å². The number of aromatic hydroxyl groups is 1. The summed E-state index contributed by atoms with van der Waals surface area (Å²) >= 11 is 0. The first kappa shape index (κ1) is 13.0. The quantitative estimate of drug-likeness (QED) is 0.634. The third kappa shape index (κ3) is 3.20. The van der Waals surface area contributed by atoms with E-state index >= 15 is 0 Å². The molecule has 0 amide bonds. The number of rotatable bonds is 4. The van der Waals surface area contributed by atoms with Crippen LogP contribution in [0.4, 0.5) is 0 Å². The standard InChI is InChI=1S/C10H14N2O5/c1-3-17-6(13)4-5(2)7-8(14)11-10(16)12-9(7)15/h5H,3-4H2,1-2H3,(H3,11,12,14,15,16). The van der Waals surface area contributed by atoms with E-state index in [1.807, 2.05) is 4.98 Å². The minimum Gasteiger partial charge on any atom is -0.494 e. The van der Waals surface area contributed by atoms with E-state index in [0.717, 1.165) is 0 Å². The van der Waals surface area contributed by atoms with Crippen LogP contribution in [0.2, 0.25) is 0 Å². The molecular formula is C10H14N2O5. The fraction of sp³-hybridized carbons (Fsp3) is 0.500. The third-order valence-corrected chi connectivity index (χ3v) is 2.23. The monoisotopic (exact) mass is 242 g/mol. The molecule has 7 nitrogen and oxygen atoms in total. The second-order valence-corrected chi connectivity index (χ2v) is 3.58. The molecule has 1 aromatic rings. The predicted molar refractivity (Wildman–Crippen MR) is 59.0 cm³/mol. The average Bonchev–Trinajstić information content (AvgIpc) is 2.15. The zero-order valence-corrected chi connectivity index (χ0v) is 9.57. The molecule has 0 aliphatic heterocycles. The fourth-order valence-corrected chi connectivity index (χ4v) is 1.51. The second-order valence-electron chi connectivity index (χ2n) is 3.58. The molecule has 0 radical (unpaired) electrons. The zero-order chi connectivity index (χ0) is 13.0. The highest BCUT2D eigenvalue weighted by Crippen LogP contribution is 2.21. The maximum absolute atomic E-state index is 11.5. The van der Waals surface area contributed by atoms with Crippen molar-refractivity contribution in [1.29, 1.82) is 0 Å². The number of ether oxygens (including phenoxy) is 1. The number of hydrogen-bond donors (Lipinski definition) is 3. The van der Waals surface area contributed by atoms with E-state index < -0.39 is 29.0 Å². The summed E-state index contributed by atoms with van der Waals surface area (Å²) < 4.78 is 4.73. The lowest BCUT2D eigenvalue weighted by Gasteiger charge is -2.10. The van der Waals surface area contributed by atoms with Gasteiger partial charge in [-0.05, 0) is 6.92 Å². The van der Waals surface area contributed by atoms with Crippen LogP contribution in [0.25, 0.3) is 0 Å². The molecule has 1 heterocycles. The van der Waals surface area contributed by atoms with Crippen molar-refractivity contribution in [3.8, 4) is 5.88 Å². The van der Waals surface area contributed by atoms with Crippen LogP contribution in [0.1, 0.15) is 31.7 Å². The summed E-state index contributed by atoms with van der Waals surface area (Å²) in [6, 6.07) is 0. The molecule has 17 heavy (non-hydrogen) atoms. The lowest BCUT2D eigenvalue weighted by atomic mass is 10.0. The van der Waals surface area contributed by atoms with Crippen LogP contribution in [0.5, 0.6) is 5.88 Å². The highest BCUT2D eigenvalue weighted by molar-refractivity contribution is 5.70. The number of aromatic amines is 2. The van der Waals surface area contributed by atoms with Gasteiger partial charge in [-0.25, -0.2) is 4.79 Å². The van der Waals surface area contributed by atoms with Crippen LogP contribution in [-0.2, 0) is 9.53 Å². The van der Waals surface area contributed by atoms with Crippen LogP contribution >= 0.6 is 0 Å². The summed E-state index contributed by atoms with van der Waals surface area (Å²) in [4.78, 5) is 37.6. The molecule has 3 N–H and O–H groups in total. The maximum Gasteiger partial charge on any atom is 0.328 e. The minimum atomic E-state index is -0.792. The fourth-order valence-electron chi connectivity index (χ4n) is 1.51. The molecule has 1 aromatic heterocycles. The van der Waals surface area contributed by atoms with E-state index in [-0.39, 0.29) is 18.6 Å². The predicted octanol–water partition coefficient (Wildman–Crippen LogP) is -0.174. The van der Waals surface area contributed by atoms with Crippen molar-refractivity contribution in [3.05, 3.63) is 26.4 Å². The Hall–Kier alpha value is -2.05. The molecule has 7 heteroatoms. The van der Waals surface area contributed by atoms with Gasteiger partial charge in [0.2, 0.25) is 5.88 Å². The summed E-state index contributed by atoms with van der Waals surface area (Å²) in [6.07, 6.45) is -0.0451. The van der Waals surface area contributed by atoms with E-state index in [4.69, 9.17) is 4.74 Å². The highest BCUT2D eigenvalue weighted by atomic mass is 16.5. The summed E-state index contributed by atoms with van der Waals surface area (Å²) in [7, 11) is 0. The Kier molecular flexibility index (Phi) is 4.08. The molecule has 0 aliphatic rings.